The monoisotopic (exact) mass is 423 g/mol. The summed E-state index contributed by atoms with van der Waals surface area (Å²) in [7, 11) is 0. The SMILES string of the molecule is CCC(=O)c1cc(C(=O)NC2[C@H]3CC(O)C[C@@H]23)cc2c1O[C@H](CF)[C@H]2c1ccccc1. The lowest BCUT2D eigenvalue weighted by Crippen LogP contribution is -2.30. The molecule has 2 fully saturated rings. The molecule has 1 heterocycles. The van der Waals surface area contributed by atoms with E-state index in [1.54, 1.807) is 19.1 Å². The number of aliphatic hydroxyl groups is 1. The molecule has 0 bridgehead atoms. The molecule has 3 aliphatic rings. The van der Waals surface area contributed by atoms with Gasteiger partial charge in [-0.25, -0.2) is 4.39 Å². The molecule has 6 heteroatoms. The highest BCUT2D eigenvalue weighted by Crippen LogP contribution is 2.52. The van der Waals surface area contributed by atoms with Crippen LogP contribution in [0.2, 0.25) is 0 Å². The van der Waals surface area contributed by atoms with Crippen molar-refractivity contribution in [3.8, 4) is 5.75 Å². The Labute approximate surface area is 180 Å². The van der Waals surface area contributed by atoms with Crippen LogP contribution in [0.15, 0.2) is 42.5 Å². The van der Waals surface area contributed by atoms with Crippen molar-refractivity contribution in [2.45, 2.75) is 50.4 Å². The number of carbonyl (C=O) groups is 2. The van der Waals surface area contributed by atoms with E-state index in [1.807, 2.05) is 30.3 Å². The lowest BCUT2D eigenvalue weighted by Gasteiger charge is -2.16. The zero-order valence-electron chi connectivity index (χ0n) is 17.4. The Morgan fingerprint density at radius 3 is 2.52 bits per heavy atom. The Morgan fingerprint density at radius 2 is 1.87 bits per heavy atom. The van der Waals surface area contributed by atoms with Gasteiger partial charge in [-0.2, -0.15) is 0 Å². The highest BCUT2D eigenvalue weighted by Gasteiger charge is 2.56. The molecule has 162 valence electrons. The Bertz CT molecular complexity index is 1010. The molecule has 1 amide bonds. The van der Waals surface area contributed by atoms with Gasteiger partial charge in [0.05, 0.1) is 17.6 Å². The molecule has 31 heavy (non-hydrogen) atoms. The highest BCUT2D eigenvalue weighted by molar-refractivity contribution is 6.03. The van der Waals surface area contributed by atoms with Gasteiger partial charge in [0, 0.05) is 23.6 Å². The van der Waals surface area contributed by atoms with Crippen LogP contribution in [0.25, 0.3) is 0 Å². The van der Waals surface area contributed by atoms with Crippen LogP contribution in [0.3, 0.4) is 0 Å². The van der Waals surface area contributed by atoms with Crippen molar-refractivity contribution in [3.63, 3.8) is 0 Å². The molecule has 6 atom stereocenters. The van der Waals surface area contributed by atoms with Gasteiger partial charge in [0.2, 0.25) is 0 Å². The molecule has 2 aromatic carbocycles. The zero-order valence-corrected chi connectivity index (χ0v) is 17.4. The number of nitrogens with one attached hydrogen (secondary N) is 1. The minimum atomic E-state index is -0.733. The van der Waals surface area contributed by atoms with E-state index in [0.29, 0.717) is 34.3 Å². The Kier molecular flexibility index (Phi) is 5.05. The van der Waals surface area contributed by atoms with E-state index in [1.165, 1.54) is 0 Å². The third kappa shape index (κ3) is 3.43. The first-order valence-electron chi connectivity index (χ1n) is 11.0. The summed E-state index contributed by atoms with van der Waals surface area (Å²) in [6.45, 7) is 1.07. The van der Waals surface area contributed by atoms with E-state index >= 15 is 0 Å². The number of Topliss-reactive ketones (excluding diaryl/α,β-unsaturated/α-hetero) is 1. The van der Waals surface area contributed by atoms with Gasteiger partial charge in [-0.15, -0.1) is 0 Å². The van der Waals surface area contributed by atoms with E-state index in [2.05, 4.69) is 5.32 Å². The van der Waals surface area contributed by atoms with Gasteiger partial charge in [0.15, 0.2) is 5.78 Å². The number of hydrogen-bond acceptors (Lipinski definition) is 4. The number of ketones is 1. The molecule has 0 radical (unpaired) electrons. The van der Waals surface area contributed by atoms with Gasteiger partial charge in [-0.1, -0.05) is 37.3 Å². The molecule has 2 N–H and O–H groups in total. The van der Waals surface area contributed by atoms with Crippen molar-refractivity contribution in [2.75, 3.05) is 6.67 Å². The van der Waals surface area contributed by atoms with Gasteiger partial charge in [-0.3, -0.25) is 9.59 Å². The molecule has 0 aromatic heterocycles. The van der Waals surface area contributed by atoms with Gasteiger partial charge in [-0.05, 0) is 42.4 Å². The summed E-state index contributed by atoms with van der Waals surface area (Å²) in [5.41, 5.74) is 2.31. The third-order valence-corrected chi connectivity index (χ3v) is 7.01. The van der Waals surface area contributed by atoms with Crippen molar-refractivity contribution in [1.29, 1.82) is 0 Å². The first-order valence-corrected chi connectivity index (χ1v) is 11.0. The number of aliphatic hydroxyl groups excluding tert-OH is 1. The van der Waals surface area contributed by atoms with E-state index in [4.69, 9.17) is 4.74 Å². The van der Waals surface area contributed by atoms with Crippen LogP contribution in [0, 0.1) is 11.8 Å². The van der Waals surface area contributed by atoms with Crippen LogP contribution < -0.4 is 10.1 Å². The number of carbonyl (C=O) groups excluding carboxylic acids is 2. The molecule has 2 unspecified atom stereocenters. The van der Waals surface area contributed by atoms with Crippen molar-refractivity contribution < 1.29 is 23.8 Å². The smallest absolute Gasteiger partial charge is 0.251 e. The van der Waals surface area contributed by atoms with E-state index in [-0.39, 0.29) is 36.2 Å². The minimum absolute atomic E-state index is 0.0780. The fourth-order valence-electron chi connectivity index (χ4n) is 5.40. The van der Waals surface area contributed by atoms with Crippen LogP contribution >= 0.6 is 0 Å². The molecule has 5 nitrogen and oxygen atoms in total. The third-order valence-electron chi connectivity index (χ3n) is 7.01. The second-order valence-electron chi connectivity index (χ2n) is 8.87. The summed E-state index contributed by atoms with van der Waals surface area (Å²) >= 11 is 0. The summed E-state index contributed by atoms with van der Waals surface area (Å²) < 4.78 is 19.8. The number of rotatable bonds is 6. The van der Waals surface area contributed by atoms with E-state index in [0.717, 1.165) is 18.4 Å². The standard InChI is InChI=1S/C25H26FNO4/c1-2-20(29)18-8-14(25(30)27-23-16-10-15(28)11-17(16)23)9-19-22(13-6-4-3-5-7-13)21(12-26)31-24(18)19/h3-9,15-17,21-23,28H,2,10-12H2,1H3,(H,27,30)/t15?,16-,17+,21-,22+,23?/m1/s1. The first kappa shape index (κ1) is 20.2. The number of benzene rings is 2. The number of hydrogen-bond donors (Lipinski definition) is 2. The molecule has 0 spiro atoms. The van der Waals surface area contributed by atoms with Gasteiger partial charge in [0.25, 0.3) is 5.91 Å². The summed E-state index contributed by atoms with van der Waals surface area (Å²) in [5.74, 6) is 0.308. The maximum atomic E-state index is 13.9. The predicted molar refractivity (Wildman–Crippen MR) is 113 cm³/mol. The zero-order chi connectivity index (χ0) is 21.7. The van der Waals surface area contributed by atoms with Crippen LogP contribution in [0.4, 0.5) is 4.39 Å². The Balaban J connectivity index is 1.51. The average Bonchev–Trinajstić information content (AvgIpc) is 3.12. The van der Waals surface area contributed by atoms with Crippen LogP contribution in [-0.4, -0.2) is 41.7 Å². The molecular weight excluding hydrogens is 397 g/mol. The van der Waals surface area contributed by atoms with Crippen LogP contribution in [0.1, 0.15) is 63.9 Å². The summed E-state index contributed by atoms with van der Waals surface area (Å²) in [5, 5.41) is 12.8. The lowest BCUT2D eigenvalue weighted by atomic mass is 9.86. The predicted octanol–water partition coefficient (Wildman–Crippen LogP) is 3.64. The van der Waals surface area contributed by atoms with Crippen LogP contribution in [-0.2, 0) is 0 Å². The summed E-state index contributed by atoms with van der Waals surface area (Å²) in [6, 6.07) is 12.9. The molecule has 2 aliphatic carbocycles. The maximum Gasteiger partial charge on any atom is 0.251 e. The maximum absolute atomic E-state index is 13.9. The summed E-state index contributed by atoms with van der Waals surface area (Å²) in [4.78, 5) is 25.7. The fourth-order valence-corrected chi connectivity index (χ4v) is 5.40. The number of alkyl halides is 1. The van der Waals surface area contributed by atoms with Crippen molar-refractivity contribution in [3.05, 3.63) is 64.7 Å². The molecular formula is C25H26FNO4. The lowest BCUT2D eigenvalue weighted by molar-refractivity contribution is 0.0937. The van der Waals surface area contributed by atoms with Gasteiger partial charge >= 0.3 is 0 Å². The van der Waals surface area contributed by atoms with Crippen molar-refractivity contribution in [2.24, 2.45) is 11.8 Å². The number of halogens is 1. The molecule has 0 saturated heterocycles. The summed E-state index contributed by atoms with van der Waals surface area (Å²) in [6.07, 6.45) is 0.715. The second kappa shape index (κ2) is 7.75. The second-order valence-corrected chi connectivity index (χ2v) is 8.87. The number of amides is 1. The van der Waals surface area contributed by atoms with E-state index < -0.39 is 12.8 Å². The van der Waals surface area contributed by atoms with E-state index in [9.17, 15) is 19.1 Å². The normalized spacial score (nSPS) is 30.3. The van der Waals surface area contributed by atoms with Crippen molar-refractivity contribution >= 4 is 11.7 Å². The highest BCUT2D eigenvalue weighted by atomic mass is 19.1. The van der Waals surface area contributed by atoms with Crippen molar-refractivity contribution in [1.82, 2.24) is 5.32 Å². The topological polar surface area (TPSA) is 75.6 Å². The molecule has 5 rings (SSSR count). The average molecular weight is 423 g/mol. The van der Waals surface area contributed by atoms with Gasteiger partial charge < -0.3 is 15.2 Å². The molecule has 2 saturated carbocycles. The van der Waals surface area contributed by atoms with Gasteiger partial charge in [0.1, 0.15) is 18.5 Å². The fraction of sp³-hybridized carbons (Fsp3) is 0.440. The largest absolute Gasteiger partial charge is 0.486 e. The Morgan fingerprint density at radius 1 is 1.16 bits per heavy atom. The van der Waals surface area contributed by atoms with Crippen LogP contribution in [0.5, 0.6) is 5.75 Å². The minimum Gasteiger partial charge on any atom is -0.486 e. The molecule has 1 aliphatic heterocycles. The Hall–Kier alpha value is -2.73. The number of ether oxygens (including phenoxy) is 1. The number of fused-ring (bicyclic) bond motifs is 2. The molecule has 2 aromatic rings. The first-order chi connectivity index (χ1) is 15.0. The quantitative estimate of drug-likeness (QED) is 0.696.